The standard InChI is InChI=1S/C14H14F3NO3/c15-14(16,17)10-18(7-9-20)13(21)12-5-3-11(4-6-12)2-1-8-19/h3-6,19-20H,7-10H2. The van der Waals surface area contributed by atoms with Gasteiger partial charge in [0.2, 0.25) is 0 Å². The maximum atomic E-state index is 12.4. The third kappa shape index (κ3) is 5.85. The molecule has 1 aromatic carbocycles. The lowest BCUT2D eigenvalue weighted by Gasteiger charge is -2.23. The Kier molecular flexibility index (Phi) is 6.21. The van der Waals surface area contributed by atoms with Crippen molar-refractivity contribution in [1.29, 1.82) is 0 Å². The molecule has 0 spiro atoms. The minimum absolute atomic E-state index is 0.0715. The van der Waals surface area contributed by atoms with Crippen molar-refractivity contribution in [1.82, 2.24) is 4.90 Å². The predicted molar refractivity (Wildman–Crippen MR) is 69.5 cm³/mol. The van der Waals surface area contributed by atoms with Crippen LogP contribution in [0.15, 0.2) is 24.3 Å². The first-order chi connectivity index (χ1) is 9.87. The summed E-state index contributed by atoms with van der Waals surface area (Å²) in [5.74, 6) is 4.21. The molecule has 0 atom stereocenters. The first kappa shape index (κ1) is 17.0. The zero-order valence-corrected chi connectivity index (χ0v) is 11.0. The van der Waals surface area contributed by atoms with Gasteiger partial charge in [0, 0.05) is 17.7 Å². The molecule has 4 nitrogen and oxygen atoms in total. The molecule has 0 aromatic heterocycles. The van der Waals surface area contributed by atoms with Crippen LogP contribution in [-0.4, -0.2) is 53.5 Å². The highest BCUT2D eigenvalue weighted by Gasteiger charge is 2.33. The van der Waals surface area contributed by atoms with Crippen molar-refractivity contribution in [3.8, 4) is 11.8 Å². The van der Waals surface area contributed by atoms with Gasteiger partial charge in [-0.25, -0.2) is 0 Å². The van der Waals surface area contributed by atoms with Crippen molar-refractivity contribution in [2.45, 2.75) is 6.18 Å². The molecule has 0 fully saturated rings. The summed E-state index contributed by atoms with van der Waals surface area (Å²) < 4.78 is 37.2. The number of hydrogen-bond acceptors (Lipinski definition) is 3. The first-order valence-electron chi connectivity index (χ1n) is 6.04. The summed E-state index contributed by atoms with van der Waals surface area (Å²) in [5, 5.41) is 17.3. The highest BCUT2D eigenvalue weighted by molar-refractivity contribution is 5.94. The average molecular weight is 301 g/mol. The van der Waals surface area contributed by atoms with Crippen molar-refractivity contribution in [3.63, 3.8) is 0 Å². The lowest BCUT2D eigenvalue weighted by Crippen LogP contribution is -2.40. The SMILES string of the molecule is O=C(c1ccc(C#CCO)cc1)N(CCO)CC(F)(F)F. The minimum Gasteiger partial charge on any atom is -0.395 e. The Bertz CT molecular complexity index is 529. The number of amides is 1. The largest absolute Gasteiger partial charge is 0.406 e. The molecule has 0 aliphatic heterocycles. The van der Waals surface area contributed by atoms with Gasteiger partial charge in [-0.15, -0.1) is 0 Å². The molecule has 0 saturated carbocycles. The monoisotopic (exact) mass is 301 g/mol. The molecule has 0 bridgehead atoms. The Labute approximate surface area is 119 Å². The highest BCUT2D eigenvalue weighted by Crippen LogP contribution is 2.18. The van der Waals surface area contributed by atoms with Crippen LogP contribution >= 0.6 is 0 Å². The summed E-state index contributed by atoms with van der Waals surface area (Å²) in [7, 11) is 0. The molecule has 7 heteroatoms. The van der Waals surface area contributed by atoms with Crippen LogP contribution in [0.1, 0.15) is 15.9 Å². The molecule has 114 valence electrons. The third-order valence-corrected chi connectivity index (χ3v) is 2.47. The van der Waals surface area contributed by atoms with Gasteiger partial charge in [-0.3, -0.25) is 4.79 Å². The van der Waals surface area contributed by atoms with Gasteiger partial charge in [-0.1, -0.05) is 11.8 Å². The number of carbonyl (C=O) groups is 1. The second-order valence-corrected chi connectivity index (χ2v) is 4.10. The zero-order valence-electron chi connectivity index (χ0n) is 11.0. The van der Waals surface area contributed by atoms with E-state index in [-0.39, 0.29) is 12.2 Å². The van der Waals surface area contributed by atoms with Crippen molar-refractivity contribution in [2.24, 2.45) is 0 Å². The smallest absolute Gasteiger partial charge is 0.395 e. The Balaban J connectivity index is 2.88. The number of halogens is 3. The van der Waals surface area contributed by atoms with E-state index in [2.05, 4.69) is 11.8 Å². The lowest BCUT2D eigenvalue weighted by molar-refractivity contribution is -0.141. The maximum Gasteiger partial charge on any atom is 0.406 e. The summed E-state index contributed by atoms with van der Waals surface area (Å²) in [4.78, 5) is 12.5. The van der Waals surface area contributed by atoms with Crippen molar-refractivity contribution in [3.05, 3.63) is 35.4 Å². The number of rotatable bonds is 4. The number of alkyl halides is 3. The van der Waals surface area contributed by atoms with E-state index >= 15 is 0 Å². The van der Waals surface area contributed by atoms with Gasteiger partial charge in [0.25, 0.3) is 5.91 Å². The van der Waals surface area contributed by atoms with Crippen molar-refractivity contribution >= 4 is 5.91 Å². The second-order valence-electron chi connectivity index (χ2n) is 4.10. The normalized spacial score (nSPS) is 10.7. The molecule has 0 aliphatic rings. The fourth-order valence-electron chi connectivity index (χ4n) is 1.61. The molecule has 0 heterocycles. The predicted octanol–water partition coefficient (Wildman–Crippen LogP) is 1.03. The molecule has 0 saturated heterocycles. The van der Waals surface area contributed by atoms with Gasteiger partial charge in [0.05, 0.1) is 6.61 Å². The average Bonchev–Trinajstić information content (AvgIpc) is 2.43. The molecule has 0 radical (unpaired) electrons. The minimum atomic E-state index is -4.53. The van der Waals surface area contributed by atoms with Gasteiger partial charge in [0.15, 0.2) is 0 Å². The van der Waals surface area contributed by atoms with E-state index in [4.69, 9.17) is 10.2 Å². The molecule has 2 N–H and O–H groups in total. The van der Waals surface area contributed by atoms with Crippen LogP contribution in [0.25, 0.3) is 0 Å². The molecule has 1 aromatic rings. The van der Waals surface area contributed by atoms with E-state index < -0.39 is 31.8 Å². The van der Waals surface area contributed by atoms with Crippen LogP contribution in [0, 0.1) is 11.8 Å². The first-order valence-corrected chi connectivity index (χ1v) is 6.04. The fourth-order valence-corrected chi connectivity index (χ4v) is 1.61. The van der Waals surface area contributed by atoms with Gasteiger partial charge in [-0.2, -0.15) is 13.2 Å². The van der Waals surface area contributed by atoms with Crippen molar-refractivity contribution in [2.75, 3.05) is 26.3 Å². The van der Waals surface area contributed by atoms with Gasteiger partial charge >= 0.3 is 6.18 Å². The summed E-state index contributed by atoms with van der Waals surface area (Å²) in [5.41, 5.74) is 0.604. The van der Waals surface area contributed by atoms with Crippen LogP contribution in [0.5, 0.6) is 0 Å². The summed E-state index contributed by atoms with van der Waals surface area (Å²) >= 11 is 0. The fraction of sp³-hybridized carbons (Fsp3) is 0.357. The topological polar surface area (TPSA) is 60.8 Å². The van der Waals surface area contributed by atoms with Gasteiger partial charge in [0.1, 0.15) is 13.2 Å². The van der Waals surface area contributed by atoms with Crippen molar-refractivity contribution < 1.29 is 28.2 Å². The van der Waals surface area contributed by atoms with Crippen LogP contribution in [0.2, 0.25) is 0 Å². The molecule has 0 unspecified atom stereocenters. The van der Waals surface area contributed by atoms with E-state index in [0.717, 1.165) is 0 Å². The van der Waals surface area contributed by atoms with Gasteiger partial charge < -0.3 is 15.1 Å². The van der Waals surface area contributed by atoms with E-state index in [9.17, 15) is 18.0 Å². The number of aliphatic hydroxyl groups is 2. The third-order valence-electron chi connectivity index (χ3n) is 2.47. The number of nitrogens with zero attached hydrogens (tertiary/aromatic N) is 1. The molecule has 1 rings (SSSR count). The lowest BCUT2D eigenvalue weighted by atomic mass is 10.1. The Morgan fingerprint density at radius 1 is 1.19 bits per heavy atom. The van der Waals surface area contributed by atoms with E-state index in [1.54, 1.807) is 0 Å². The van der Waals surface area contributed by atoms with E-state index in [0.29, 0.717) is 10.5 Å². The highest BCUT2D eigenvalue weighted by atomic mass is 19.4. The molecular weight excluding hydrogens is 287 g/mol. The number of carbonyl (C=O) groups excluding carboxylic acids is 1. The van der Waals surface area contributed by atoms with Crippen LogP contribution < -0.4 is 0 Å². The van der Waals surface area contributed by atoms with Crippen LogP contribution in [0.3, 0.4) is 0 Å². The maximum absolute atomic E-state index is 12.4. The molecule has 21 heavy (non-hydrogen) atoms. The number of benzene rings is 1. The zero-order chi connectivity index (χ0) is 15.9. The van der Waals surface area contributed by atoms with Crippen LogP contribution in [-0.2, 0) is 0 Å². The van der Waals surface area contributed by atoms with Crippen LogP contribution in [0.4, 0.5) is 13.2 Å². The Morgan fingerprint density at radius 3 is 2.29 bits per heavy atom. The second kappa shape index (κ2) is 7.67. The Morgan fingerprint density at radius 2 is 1.81 bits per heavy atom. The van der Waals surface area contributed by atoms with E-state index in [1.165, 1.54) is 24.3 Å². The van der Waals surface area contributed by atoms with Gasteiger partial charge in [-0.05, 0) is 24.3 Å². The molecule has 1 amide bonds. The number of hydrogen-bond donors (Lipinski definition) is 2. The Hall–Kier alpha value is -2.04. The summed E-state index contributed by atoms with van der Waals surface area (Å²) in [6, 6.07) is 5.65. The van der Waals surface area contributed by atoms with E-state index in [1.807, 2.05) is 0 Å². The molecule has 0 aliphatic carbocycles. The molecular formula is C14H14F3NO3. The summed E-state index contributed by atoms with van der Waals surface area (Å²) in [6.07, 6.45) is -4.53. The number of aliphatic hydroxyl groups excluding tert-OH is 2. The quantitative estimate of drug-likeness (QED) is 0.817. The summed E-state index contributed by atoms with van der Waals surface area (Å²) in [6.45, 7) is -2.68.